The topological polar surface area (TPSA) is 35.5 Å². The van der Waals surface area contributed by atoms with Gasteiger partial charge in [-0.2, -0.15) is 0 Å². The lowest BCUT2D eigenvalue weighted by Gasteiger charge is -2.31. The molecule has 0 aliphatic heterocycles. The van der Waals surface area contributed by atoms with E-state index in [1.54, 1.807) is 6.92 Å². The summed E-state index contributed by atoms with van der Waals surface area (Å²) < 4.78 is 11.4. The van der Waals surface area contributed by atoms with Crippen molar-refractivity contribution in [1.29, 1.82) is 0 Å². The second kappa shape index (κ2) is 7.42. The first-order valence-corrected chi connectivity index (χ1v) is 16.2. The molecule has 0 saturated carbocycles. The Bertz CT molecular complexity index is 295. The molecule has 6 heteroatoms. The lowest BCUT2D eigenvalue weighted by molar-refractivity contribution is -0.138. The molecule has 0 aromatic heterocycles. The van der Waals surface area contributed by atoms with E-state index in [0.717, 1.165) is 6.42 Å². The molecule has 0 heterocycles. The molecule has 0 aromatic carbocycles. The van der Waals surface area contributed by atoms with Crippen molar-refractivity contribution in [3.8, 4) is 0 Å². The van der Waals surface area contributed by atoms with Crippen molar-refractivity contribution in [3.05, 3.63) is 12.2 Å². The van der Waals surface area contributed by atoms with Crippen LogP contribution in [-0.2, 0) is 13.6 Å². The van der Waals surface area contributed by atoms with Crippen LogP contribution in [-0.4, -0.2) is 37.8 Å². The average Bonchev–Trinajstić information content (AvgIpc) is 2.12. The van der Waals surface area contributed by atoms with Gasteiger partial charge in [-0.15, -0.1) is 0 Å². The average molecular weight is 305 g/mol. The highest BCUT2D eigenvalue weighted by Gasteiger charge is 2.28. The summed E-state index contributed by atoms with van der Waals surface area (Å²) in [7, 11) is -2.96. The Morgan fingerprint density at radius 3 is 2.22 bits per heavy atom. The van der Waals surface area contributed by atoms with Gasteiger partial charge in [0.15, 0.2) is 16.2 Å². The third-order valence-corrected chi connectivity index (χ3v) is 15.0. The third kappa shape index (κ3) is 9.81. The Balaban J connectivity index is 3.78. The lowest BCUT2D eigenvalue weighted by atomic mass is 10.4. The van der Waals surface area contributed by atoms with E-state index in [4.69, 9.17) is 8.85 Å². The minimum absolute atomic E-state index is 0.167. The van der Waals surface area contributed by atoms with Crippen LogP contribution in [0.15, 0.2) is 12.2 Å². The summed E-state index contributed by atoms with van der Waals surface area (Å²) in [5.74, 6) is -0.272. The van der Waals surface area contributed by atoms with Crippen LogP contribution < -0.4 is 0 Å². The Morgan fingerprint density at radius 2 is 1.78 bits per heavy atom. The zero-order valence-electron chi connectivity index (χ0n) is 12.8. The Labute approximate surface area is 116 Å². The van der Waals surface area contributed by atoms with Gasteiger partial charge in [0.2, 0.25) is 0 Å². The van der Waals surface area contributed by atoms with E-state index in [2.05, 4.69) is 39.3 Å². The summed E-state index contributed by atoms with van der Waals surface area (Å²) in [6.45, 7) is 17.2. The van der Waals surface area contributed by atoms with Gasteiger partial charge in [0.1, 0.15) is 0 Å². The minimum Gasteiger partial charge on any atom is -0.462 e. The predicted octanol–water partition coefficient (Wildman–Crippen LogP) is 2.64. The monoisotopic (exact) mass is 304 g/mol. The number of esters is 1. The molecular weight excluding hydrogens is 276 g/mol. The van der Waals surface area contributed by atoms with Gasteiger partial charge in [-0.3, -0.25) is 0 Å². The van der Waals surface area contributed by atoms with Gasteiger partial charge in [-0.25, -0.2) is 4.79 Å². The van der Waals surface area contributed by atoms with Crippen molar-refractivity contribution in [2.45, 2.75) is 52.1 Å². The Morgan fingerprint density at radius 1 is 1.22 bits per heavy atom. The van der Waals surface area contributed by atoms with Crippen LogP contribution in [0.4, 0.5) is 0 Å². The zero-order chi connectivity index (χ0) is 14.4. The highest BCUT2D eigenvalue weighted by molar-refractivity contribution is 7.22. The molecule has 0 saturated heterocycles. The summed E-state index contributed by atoms with van der Waals surface area (Å²) >= 11 is 0. The number of ether oxygens (including phenoxy) is 1. The maximum atomic E-state index is 11.2. The number of carbonyl (C=O) groups is 1. The summed E-state index contributed by atoms with van der Waals surface area (Å²) in [5.41, 5.74) is 0.476. The summed E-state index contributed by atoms with van der Waals surface area (Å²) in [4.78, 5) is 11.2. The molecule has 0 amide bonds. The van der Waals surface area contributed by atoms with Crippen LogP contribution in [0.25, 0.3) is 0 Å². The summed E-state index contributed by atoms with van der Waals surface area (Å²) in [6.07, 6.45) is 0.969. The molecule has 0 aliphatic rings. The molecule has 0 fully saturated rings. The largest absolute Gasteiger partial charge is 0.462 e. The summed E-state index contributed by atoms with van der Waals surface area (Å²) in [6, 6.07) is 1.20. The normalized spacial score (nSPS) is 13.0. The van der Waals surface area contributed by atoms with E-state index in [1.807, 2.05) is 0 Å². The highest BCUT2D eigenvalue weighted by atomic mass is 29.2. The maximum Gasteiger partial charge on any atom is 0.333 e. The van der Waals surface area contributed by atoms with Gasteiger partial charge < -0.3 is 8.85 Å². The highest BCUT2D eigenvalue weighted by Crippen LogP contribution is 2.14. The predicted molar refractivity (Wildman–Crippen MR) is 85.7 cm³/mol. The molecule has 0 unspecified atom stereocenters. The SMILES string of the molecule is C=C(C)C(=O)OCCC[SiH2][Si](C)(C)O[Si](C)(C)C. The van der Waals surface area contributed by atoms with Crippen LogP contribution in [0.5, 0.6) is 0 Å². The number of hydrogen-bond acceptors (Lipinski definition) is 3. The Kier molecular flexibility index (Phi) is 7.35. The third-order valence-electron chi connectivity index (χ3n) is 2.34. The quantitative estimate of drug-likeness (QED) is 0.299. The molecule has 0 aliphatic carbocycles. The van der Waals surface area contributed by atoms with Gasteiger partial charge in [-0.1, -0.05) is 12.6 Å². The van der Waals surface area contributed by atoms with Crippen molar-refractivity contribution < 1.29 is 13.6 Å². The summed E-state index contributed by atoms with van der Waals surface area (Å²) in [5, 5.41) is 0. The van der Waals surface area contributed by atoms with Crippen molar-refractivity contribution >= 4 is 31.2 Å². The molecule has 0 aromatic rings. The molecule has 18 heavy (non-hydrogen) atoms. The number of carbonyl (C=O) groups excluding carboxylic acids is 1. The first-order valence-electron chi connectivity index (χ1n) is 6.56. The smallest absolute Gasteiger partial charge is 0.333 e. The number of hydrogen-bond donors (Lipinski definition) is 0. The van der Waals surface area contributed by atoms with Crippen LogP contribution in [0, 0.1) is 0 Å². The molecule has 3 nitrogen and oxygen atoms in total. The van der Waals surface area contributed by atoms with E-state index in [9.17, 15) is 4.79 Å². The van der Waals surface area contributed by atoms with Gasteiger partial charge >= 0.3 is 5.97 Å². The lowest BCUT2D eigenvalue weighted by Crippen LogP contribution is -2.47. The van der Waals surface area contributed by atoms with Crippen LogP contribution in [0.2, 0.25) is 38.8 Å². The maximum absolute atomic E-state index is 11.2. The standard InChI is InChI=1S/C12H28O3Si3/c1-11(2)12(13)14-9-8-10-16-18(6,7)15-17(3,4)5/h1,8-10,16H2,2-7H3. The molecule has 0 spiro atoms. The molecule has 0 rings (SSSR count). The van der Waals surface area contributed by atoms with Gasteiger partial charge in [0.25, 0.3) is 0 Å². The first kappa shape index (κ1) is 17.8. The Hall–Kier alpha value is -0.179. The van der Waals surface area contributed by atoms with Crippen LogP contribution >= 0.6 is 0 Å². The van der Waals surface area contributed by atoms with E-state index in [-0.39, 0.29) is 15.0 Å². The minimum atomic E-state index is -1.40. The first-order chi connectivity index (χ1) is 8.03. The fourth-order valence-electron chi connectivity index (χ4n) is 1.82. The van der Waals surface area contributed by atoms with Crippen molar-refractivity contribution in [2.24, 2.45) is 0 Å². The van der Waals surface area contributed by atoms with E-state index in [0.29, 0.717) is 12.2 Å². The van der Waals surface area contributed by atoms with Gasteiger partial charge in [-0.05, 0) is 46.1 Å². The van der Waals surface area contributed by atoms with Crippen molar-refractivity contribution in [2.75, 3.05) is 6.61 Å². The molecule has 0 bridgehead atoms. The molecule has 106 valence electrons. The van der Waals surface area contributed by atoms with Gasteiger partial charge in [0, 0.05) is 14.6 Å². The molecule has 0 radical (unpaired) electrons. The van der Waals surface area contributed by atoms with E-state index in [1.165, 1.54) is 6.04 Å². The molecule has 0 atom stereocenters. The second-order valence-electron chi connectivity index (χ2n) is 6.35. The molecular formula is C12H28O3Si3. The number of rotatable bonds is 8. The molecule has 0 N–H and O–H groups in total. The second-order valence-corrected chi connectivity index (χ2v) is 22.7. The van der Waals surface area contributed by atoms with Crippen LogP contribution in [0.1, 0.15) is 13.3 Å². The van der Waals surface area contributed by atoms with Crippen LogP contribution in [0.3, 0.4) is 0 Å². The van der Waals surface area contributed by atoms with Crippen molar-refractivity contribution in [3.63, 3.8) is 0 Å². The van der Waals surface area contributed by atoms with E-state index >= 15 is 0 Å². The zero-order valence-corrected chi connectivity index (χ0v) is 16.2. The fourth-order valence-corrected chi connectivity index (χ4v) is 18.3. The fraction of sp³-hybridized carbons (Fsp3) is 0.750. The van der Waals surface area contributed by atoms with E-state index < -0.39 is 16.2 Å². The van der Waals surface area contributed by atoms with Gasteiger partial charge in [0.05, 0.1) is 6.61 Å². The van der Waals surface area contributed by atoms with Crippen molar-refractivity contribution in [1.82, 2.24) is 0 Å².